The van der Waals surface area contributed by atoms with Gasteiger partial charge in [-0.15, -0.1) is 0 Å². The van der Waals surface area contributed by atoms with Crippen LogP contribution in [0.5, 0.6) is 0 Å². The van der Waals surface area contributed by atoms with Gasteiger partial charge in [-0.3, -0.25) is 4.79 Å². The fourth-order valence-corrected chi connectivity index (χ4v) is 9.59. The maximum Gasteiger partial charge on any atom is 0.220 e. The predicted octanol–water partition coefficient (Wildman–Crippen LogP) is 16.9. The minimum absolute atomic E-state index is 0.212. The summed E-state index contributed by atoms with van der Waals surface area (Å²) in [7, 11) is 0. The summed E-state index contributed by atoms with van der Waals surface area (Å²) in [5, 5.41) is 54.6. The molecule has 0 saturated carbocycles. The van der Waals surface area contributed by atoms with E-state index in [1.165, 1.54) is 154 Å². The summed E-state index contributed by atoms with van der Waals surface area (Å²) in [4.78, 5) is 13.1. The van der Waals surface area contributed by atoms with Gasteiger partial charge >= 0.3 is 0 Å². The SMILES string of the molecule is CC/C=C\C/C=C\C/C=C\C/C=C\C/C=C\C/C=C\C/C=C\C/C=C\CCCCC(=O)NC(COC1OC(CO)C(O)C(O)C1O)C(O)/C=C/CCCCCCCCCCCCCCCCCCCCCCCCCCCC. The quantitative estimate of drug-likeness (QED) is 0.0261. The largest absolute Gasteiger partial charge is 0.394 e. The molecule has 1 saturated heterocycles. The number of unbranched alkanes of at least 4 members (excludes halogenated alkanes) is 28. The number of hydrogen-bond acceptors (Lipinski definition) is 8. The van der Waals surface area contributed by atoms with Crippen LogP contribution in [0, 0.1) is 0 Å². The van der Waals surface area contributed by atoms with Crippen molar-refractivity contribution >= 4 is 5.91 Å². The molecule has 0 bridgehead atoms. The molecule has 0 aromatic rings. The Bertz CT molecular complexity index is 1590. The first-order valence-electron chi connectivity index (χ1n) is 32.1. The van der Waals surface area contributed by atoms with Gasteiger partial charge in [-0.2, -0.15) is 0 Å². The number of rotatable bonds is 54. The fourth-order valence-electron chi connectivity index (χ4n) is 9.59. The molecule has 0 aromatic carbocycles. The number of amides is 1. The molecule has 1 fully saturated rings. The molecule has 78 heavy (non-hydrogen) atoms. The Morgan fingerprint density at radius 3 is 1.18 bits per heavy atom. The maximum absolute atomic E-state index is 13.1. The highest BCUT2D eigenvalue weighted by Gasteiger charge is 2.44. The van der Waals surface area contributed by atoms with E-state index >= 15 is 0 Å². The van der Waals surface area contributed by atoms with Crippen molar-refractivity contribution in [1.29, 1.82) is 0 Å². The van der Waals surface area contributed by atoms with Gasteiger partial charge in [0.1, 0.15) is 24.4 Å². The molecule has 7 atom stereocenters. The Balaban J connectivity index is 2.24. The molecule has 448 valence electrons. The second-order valence-electron chi connectivity index (χ2n) is 21.8. The molecule has 0 aliphatic carbocycles. The van der Waals surface area contributed by atoms with Crippen molar-refractivity contribution in [2.45, 2.75) is 307 Å². The highest BCUT2D eigenvalue weighted by Crippen LogP contribution is 2.23. The van der Waals surface area contributed by atoms with Gasteiger partial charge in [-0.05, 0) is 83.5 Å². The summed E-state index contributed by atoms with van der Waals surface area (Å²) in [6.45, 7) is 3.66. The molecule has 0 radical (unpaired) electrons. The lowest BCUT2D eigenvalue weighted by Crippen LogP contribution is -2.60. The summed E-state index contributed by atoms with van der Waals surface area (Å²) in [6.07, 6.45) is 77.4. The Hall–Kier alpha value is -3.15. The van der Waals surface area contributed by atoms with E-state index in [1.807, 2.05) is 6.08 Å². The third-order valence-corrected chi connectivity index (χ3v) is 14.6. The molecule has 1 aliphatic rings. The first-order chi connectivity index (χ1) is 38.3. The van der Waals surface area contributed by atoms with Crippen LogP contribution in [0.2, 0.25) is 0 Å². The normalized spacial score (nSPS) is 19.4. The number of aliphatic hydroxyl groups excluding tert-OH is 5. The Kier molecular flexibility index (Phi) is 53.3. The summed E-state index contributed by atoms with van der Waals surface area (Å²) < 4.78 is 11.3. The molecule has 1 rings (SSSR count). The summed E-state index contributed by atoms with van der Waals surface area (Å²) >= 11 is 0. The molecule has 0 aromatic heterocycles. The van der Waals surface area contributed by atoms with Gasteiger partial charge < -0.3 is 40.3 Å². The van der Waals surface area contributed by atoms with Gasteiger partial charge in [0.15, 0.2) is 6.29 Å². The molecule has 9 nitrogen and oxygen atoms in total. The molecular weight excluding hydrogens is 971 g/mol. The zero-order valence-corrected chi connectivity index (χ0v) is 49.9. The number of carbonyl (C=O) groups excluding carboxylic acids is 1. The Labute approximate surface area is 478 Å². The minimum Gasteiger partial charge on any atom is -0.394 e. The predicted molar refractivity (Wildman–Crippen MR) is 331 cm³/mol. The van der Waals surface area contributed by atoms with E-state index in [4.69, 9.17) is 9.47 Å². The van der Waals surface area contributed by atoms with Gasteiger partial charge in [-0.25, -0.2) is 0 Å². The standard InChI is InChI=1S/C69H119NO8/c1-3-5-7-9-11-13-15-17-19-21-23-25-27-29-31-33-34-36-38-40-42-44-46-48-50-52-54-56-58-63(72)62(61-77-69-68(76)67(75)66(74)64(60-71)78-69)70-65(73)59-57-55-53-51-49-47-45-43-41-39-37-35-32-30-28-26-24-22-20-18-16-14-12-10-8-6-4-2/h6,8,12,14,18,20,24,26,30,32,37,39,43,45,49,51,56,58,62-64,66-69,71-72,74-76H,3-5,7,9-11,13,15-17,19,21-23,25,27-29,31,33-36,38,40-42,44,46-48,50,52-55,57,59-61H2,1-2H3,(H,70,73)/b8-6-,14-12-,20-18-,26-24-,32-30-,39-37-,45-43-,51-49-,58-56+. The van der Waals surface area contributed by atoms with E-state index in [0.717, 1.165) is 83.5 Å². The van der Waals surface area contributed by atoms with Gasteiger partial charge in [-0.1, -0.05) is 284 Å². The average molecular weight is 1090 g/mol. The Morgan fingerprint density at radius 1 is 0.449 bits per heavy atom. The van der Waals surface area contributed by atoms with Crippen molar-refractivity contribution < 1.29 is 39.8 Å². The average Bonchev–Trinajstić information content (AvgIpc) is 3.45. The zero-order valence-electron chi connectivity index (χ0n) is 49.9. The summed E-state index contributed by atoms with van der Waals surface area (Å²) in [5.74, 6) is -0.221. The molecule has 9 heteroatoms. The number of allylic oxidation sites excluding steroid dienone is 17. The lowest BCUT2D eigenvalue weighted by atomic mass is 9.99. The van der Waals surface area contributed by atoms with Crippen molar-refractivity contribution in [3.05, 3.63) is 109 Å². The number of aliphatic hydroxyl groups is 5. The van der Waals surface area contributed by atoms with Crippen molar-refractivity contribution in [2.75, 3.05) is 13.2 Å². The van der Waals surface area contributed by atoms with Crippen LogP contribution in [0.15, 0.2) is 109 Å². The number of carbonyl (C=O) groups is 1. The topological polar surface area (TPSA) is 149 Å². The van der Waals surface area contributed by atoms with Crippen LogP contribution in [0.25, 0.3) is 0 Å². The molecule has 1 aliphatic heterocycles. The van der Waals surface area contributed by atoms with Gasteiger partial charge in [0.25, 0.3) is 0 Å². The van der Waals surface area contributed by atoms with Crippen LogP contribution in [-0.4, -0.2) is 87.5 Å². The van der Waals surface area contributed by atoms with E-state index in [2.05, 4.69) is 116 Å². The monoisotopic (exact) mass is 1090 g/mol. The van der Waals surface area contributed by atoms with Crippen molar-refractivity contribution in [3.63, 3.8) is 0 Å². The molecule has 1 heterocycles. The minimum atomic E-state index is -1.58. The molecule has 1 amide bonds. The van der Waals surface area contributed by atoms with E-state index in [-0.39, 0.29) is 18.9 Å². The smallest absolute Gasteiger partial charge is 0.220 e. The first-order valence-corrected chi connectivity index (χ1v) is 32.1. The molecular formula is C69H119NO8. The van der Waals surface area contributed by atoms with Crippen LogP contribution >= 0.6 is 0 Å². The summed E-state index contributed by atoms with van der Waals surface area (Å²) in [6, 6.07) is -0.838. The summed E-state index contributed by atoms with van der Waals surface area (Å²) in [5.41, 5.74) is 0. The third-order valence-electron chi connectivity index (χ3n) is 14.6. The highest BCUT2D eigenvalue weighted by molar-refractivity contribution is 5.76. The zero-order chi connectivity index (χ0) is 56.5. The van der Waals surface area contributed by atoms with Crippen molar-refractivity contribution in [2.24, 2.45) is 0 Å². The Morgan fingerprint density at radius 2 is 0.795 bits per heavy atom. The van der Waals surface area contributed by atoms with Crippen LogP contribution in [0.3, 0.4) is 0 Å². The van der Waals surface area contributed by atoms with Gasteiger partial charge in [0, 0.05) is 6.42 Å². The molecule has 6 N–H and O–H groups in total. The van der Waals surface area contributed by atoms with E-state index < -0.39 is 49.5 Å². The fraction of sp³-hybridized carbons (Fsp3) is 0.725. The van der Waals surface area contributed by atoms with Crippen LogP contribution in [0.1, 0.15) is 264 Å². The number of hydrogen-bond donors (Lipinski definition) is 6. The van der Waals surface area contributed by atoms with E-state index in [1.54, 1.807) is 6.08 Å². The molecule has 7 unspecified atom stereocenters. The van der Waals surface area contributed by atoms with Crippen LogP contribution in [0.4, 0.5) is 0 Å². The second kappa shape index (κ2) is 57.1. The first kappa shape index (κ1) is 72.9. The number of ether oxygens (including phenoxy) is 2. The van der Waals surface area contributed by atoms with E-state index in [0.29, 0.717) is 6.42 Å². The van der Waals surface area contributed by atoms with Gasteiger partial charge in [0.05, 0.1) is 25.4 Å². The van der Waals surface area contributed by atoms with Crippen molar-refractivity contribution in [3.8, 4) is 0 Å². The highest BCUT2D eigenvalue weighted by atomic mass is 16.7. The lowest BCUT2D eigenvalue weighted by molar-refractivity contribution is -0.302. The van der Waals surface area contributed by atoms with Crippen LogP contribution < -0.4 is 5.32 Å². The second-order valence-corrected chi connectivity index (χ2v) is 21.8. The van der Waals surface area contributed by atoms with Crippen molar-refractivity contribution in [1.82, 2.24) is 5.32 Å². The van der Waals surface area contributed by atoms with Gasteiger partial charge in [0.2, 0.25) is 5.91 Å². The van der Waals surface area contributed by atoms with Crippen LogP contribution in [-0.2, 0) is 14.3 Å². The maximum atomic E-state index is 13.1. The number of nitrogens with one attached hydrogen (secondary N) is 1. The lowest BCUT2D eigenvalue weighted by Gasteiger charge is -2.40. The molecule has 0 spiro atoms. The van der Waals surface area contributed by atoms with E-state index in [9.17, 15) is 30.3 Å². The third kappa shape index (κ3) is 45.6.